The van der Waals surface area contributed by atoms with E-state index in [2.05, 4.69) is 25.4 Å². The van der Waals surface area contributed by atoms with Crippen LogP contribution < -0.4 is 23.4 Å². The molecule has 2 aromatic rings. The van der Waals surface area contributed by atoms with Crippen molar-refractivity contribution in [3.8, 4) is 29.2 Å². The molecule has 7 heteroatoms. The molecule has 0 fully saturated rings. The zero-order chi connectivity index (χ0) is 22.9. The van der Waals surface area contributed by atoms with Gasteiger partial charge in [0.05, 0.1) is 48.6 Å². The first-order valence-electron chi connectivity index (χ1n) is 10.3. The van der Waals surface area contributed by atoms with Gasteiger partial charge in [-0.2, -0.15) is 5.26 Å². The number of nitriles is 1. The lowest BCUT2D eigenvalue weighted by Crippen LogP contribution is -2.48. The van der Waals surface area contributed by atoms with Crippen LogP contribution in [0.5, 0.6) is 23.0 Å². The molecule has 2 aromatic carbocycles. The van der Waals surface area contributed by atoms with Crippen LogP contribution in [0.15, 0.2) is 36.4 Å². The van der Waals surface area contributed by atoms with E-state index in [1.807, 2.05) is 31.3 Å². The summed E-state index contributed by atoms with van der Waals surface area (Å²) in [4.78, 5) is 1.66. The van der Waals surface area contributed by atoms with Crippen molar-refractivity contribution < 1.29 is 18.9 Å². The first-order chi connectivity index (χ1) is 14.9. The number of quaternary nitrogens is 1. The molecule has 31 heavy (non-hydrogen) atoms. The van der Waals surface area contributed by atoms with Crippen LogP contribution in [-0.4, -0.2) is 67.1 Å². The second-order valence-electron chi connectivity index (χ2n) is 7.70. The van der Waals surface area contributed by atoms with Crippen molar-refractivity contribution in [3.63, 3.8) is 0 Å². The van der Waals surface area contributed by atoms with Crippen LogP contribution in [0.3, 0.4) is 0 Å². The molecule has 0 aliphatic heterocycles. The normalized spacial score (nSPS) is 12.4. The van der Waals surface area contributed by atoms with E-state index < -0.39 is 0 Å². The first kappa shape index (κ1) is 24.2. The number of hydrogen-bond acceptors (Lipinski definition) is 6. The van der Waals surface area contributed by atoms with Crippen molar-refractivity contribution in [2.45, 2.75) is 12.8 Å². The number of nitrogens with zero attached hydrogens (tertiary/aromatic N) is 3. The minimum atomic E-state index is 0.702. The number of ether oxygens (including phenoxy) is 4. The van der Waals surface area contributed by atoms with Gasteiger partial charge >= 0.3 is 0 Å². The number of hydrogen-bond donors (Lipinski definition) is 0. The molecule has 1 atom stereocenters. The van der Waals surface area contributed by atoms with Crippen LogP contribution in [0.25, 0.3) is 0 Å². The monoisotopic (exact) mass is 428 g/mol. The molecule has 0 spiro atoms. The summed E-state index contributed by atoms with van der Waals surface area (Å²) < 4.78 is 22.5. The number of benzene rings is 2. The maximum Gasteiger partial charge on any atom is 0.179 e. The van der Waals surface area contributed by atoms with Gasteiger partial charge in [0.25, 0.3) is 0 Å². The zero-order valence-electron chi connectivity index (χ0n) is 19.5. The van der Waals surface area contributed by atoms with Gasteiger partial charge < -0.3 is 23.8 Å². The Morgan fingerprint density at radius 2 is 1.42 bits per heavy atom. The SMILES string of the molecule is COc1ccc(CC[N+](C)(CCCN(C)C#N)c2ccc(OC)c(OC)c2)cc1OC. The van der Waals surface area contributed by atoms with Crippen LogP contribution in [0.4, 0.5) is 5.69 Å². The quantitative estimate of drug-likeness (QED) is 0.292. The second-order valence-corrected chi connectivity index (χ2v) is 7.70. The average Bonchev–Trinajstić information content (AvgIpc) is 2.81. The minimum absolute atomic E-state index is 0.702. The van der Waals surface area contributed by atoms with E-state index in [1.54, 1.807) is 33.3 Å². The van der Waals surface area contributed by atoms with Gasteiger partial charge in [0, 0.05) is 38.6 Å². The topological polar surface area (TPSA) is 64.0 Å². The molecule has 168 valence electrons. The fourth-order valence-electron chi connectivity index (χ4n) is 3.65. The van der Waals surface area contributed by atoms with Crippen LogP contribution in [0.1, 0.15) is 12.0 Å². The van der Waals surface area contributed by atoms with Crippen molar-refractivity contribution in [1.29, 1.82) is 5.26 Å². The van der Waals surface area contributed by atoms with E-state index in [0.717, 1.165) is 43.1 Å². The molecule has 0 heterocycles. The standard InChI is InChI=1S/C24H34N3O4/c1-26(18-25)13-7-14-27(2,20-9-11-22(29-4)24(17-20)31-6)15-12-19-8-10-21(28-3)23(16-19)30-5/h8-11,16-17H,7,12-15H2,1-6H3/q+1. The summed E-state index contributed by atoms with van der Waals surface area (Å²) in [6.07, 6.45) is 3.92. The summed E-state index contributed by atoms with van der Waals surface area (Å²) in [5, 5.41) is 9.07. The highest BCUT2D eigenvalue weighted by atomic mass is 16.5. The Morgan fingerprint density at radius 1 is 0.839 bits per heavy atom. The third kappa shape index (κ3) is 6.19. The van der Waals surface area contributed by atoms with Crippen molar-refractivity contribution in [2.75, 3.05) is 62.2 Å². The lowest BCUT2D eigenvalue weighted by atomic mass is 10.1. The van der Waals surface area contributed by atoms with E-state index >= 15 is 0 Å². The van der Waals surface area contributed by atoms with Gasteiger partial charge in [0.15, 0.2) is 29.2 Å². The lowest BCUT2D eigenvalue weighted by Gasteiger charge is -2.35. The number of methoxy groups -OCH3 is 4. The Kier molecular flexibility index (Phi) is 8.83. The zero-order valence-corrected chi connectivity index (χ0v) is 19.5. The number of likely N-dealkylation sites (N-methyl/N-ethyl adjacent to an activating group) is 1. The Hall–Kier alpha value is -3.11. The predicted octanol–water partition coefficient (Wildman–Crippen LogP) is 3.70. The molecule has 0 radical (unpaired) electrons. The van der Waals surface area contributed by atoms with Crippen molar-refractivity contribution in [2.24, 2.45) is 0 Å². The van der Waals surface area contributed by atoms with Gasteiger partial charge in [-0.3, -0.25) is 4.48 Å². The molecule has 7 nitrogen and oxygen atoms in total. The van der Waals surface area contributed by atoms with Crippen LogP contribution in [0, 0.1) is 11.5 Å². The van der Waals surface area contributed by atoms with Gasteiger partial charge in [0.2, 0.25) is 0 Å². The molecule has 0 N–H and O–H groups in total. The van der Waals surface area contributed by atoms with E-state index in [4.69, 9.17) is 24.2 Å². The average molecular weight is 429 g/mol. The van der Waals surface area contributed by atoms with E-state index in [-0.39, 0.29) is 0 Å². The van der Waals surface area contributed by atoms with E-state index in [9.17, 15) is 0 Å². The van der Waals surface area contributed by atoms with Crippen molar-refractivity contribution in [1.82, 2.24) is 9.38 Å². The fraction of sp³-hybridized carbons (Fsp3) is 0.458. The Balaban J connectivity index is 2.28. The second kappa shape index (κ2) is 11.3. The largest absolute Gasteiger partial charge is 0.493 e. The molecular formula is C24H34N3O4+. The molecule has 0 saturated heterocycles. The van der Waals surface area contributed by atoms with Crippen LogP contribution in [0.2, 0.25) is 0 Å². The molecule has 1 unspecified atom stereocenters. The van der Waals surface area contributed by atoms with E-state index in [1.165, 1.54) is 5.56 Å². The molecule has 0 aliphatic rings. The summed E-state index contributed by atoms with van der Waals surface area (Å²) >= 11 is 0. The third-order valence-electron chi connectivity index (χ3n) is 5.65. The summed E-state index contributed by atoms with van der Waals surface area (Å²) in [7, 11) is 10.6. The molecule has 0 amide bonds. The molecule has 0 aromatic heterocycles. The first-order valence-corrected chi connectivity index (χ1v) is 10.3. The lowest BCUT2D eigenvalue weighted by molar-refractivity contribution is 0.306. The summed E-state index contributed by atoms with van der Waals surface area (Å²) in [6.45, 7) is 2.48. The van der Waals surface area contributed by atoms with Gasteiger partial charge in [-0.05, 0) is 23.8 Å². The summed E-state index contributed by atoms with van der Waals surface area (Å²) in [6, 6.07) is 12.1. The van der Waals surface area contributed by atoms with Gasteiger partial charge in [-0.1, -0.05) is 6.07 Å². The van der Waals surface area contributed by atoms with Crippen LogP contribution >= 0.6 is 0 Å². The molecule has 0 bridgehead atoms. The fourth-order valence-corrected chi connectivity index (χ4v) is 3.65. The van der Waals surface area contributed by atoms with Gasteiger partial charge in [-0.15, -0.1) is 0 Å². The Morgan fingerprint density at radius 3 is 2.00 bits per heavy atom. The van der Waals surface area contributed by atoms with Crippen LogP contribution in [-0.2, 0) is 6.42 Å². The van der Waals surface area contributed by atoms with Crippen molar-refractivity contribution >= 4 is 5.69 Å². The Labute approximate surface area is 185 Å². The van der Waals surface area contributed by atoms with Crippen molar-refractivity contribution in [3.05, 3.63) is 42.0 Å². The number of rotatable bonds is 12. The highest BCUT2D eigenvalue weighted by Crippen LogP contribution is 2.34. The molecule has 0 aliphatic carbocycles. The van der Waals surface area contributed by atoms with E-state index in [0.29, 0.717) is 22.5 Å². The van der Waals surface area contributed by atoms with Gasteiger partial charge in [0.1, 0.15) is 5.69 Å². The predicted molar refractivity (Wildman–Crippen MR) is 123 cm³/mol. The maximum atomic E-state index is 9.07. The highest BCUT2D eigenvalue weighted by molar-refractivity contribution is 5.54. The smallest absolute Gasteiger partial charge is 0.179 e. The maximum absolute atomic E-state index is 9.07. The van der Waals surface area contributed by atoms with Gasteiger partial charge in [-0.25, -0.2) is 0 Å². The molecule has 0 saturated carbocycles. The highest BCUT2D eigenvalue weighted by Gasteiger charge is 2.26. The summed E-state index contributed by atoms with van der Waals surface area (Å²) in [5.41, 5.74) is 2.31. The molecular weight excluding hydrogens is 394 g/mol. The summed E-state index contributed by atoms with van der Waals surface area (Å²) in [5.74, 6) is 2.88. The molecule has 2 rings (SSSR count). The Bertz CT molecular complexity index is 897. The minimum Gasteiger partial charge on any atom is -0.493 e. The third-order valence-corrected chi connectivity index (χ3v) is 5.65.